The second-order valence-electron chi connectivity index (χ2n) is 11.4. The number of benzene rings is 2. The Bertz CT molecular complexity index is 1180. The van der Waals surface area contributed by atoms with Gasteiger partial charge in [0.25, 0.3) is 0 Å². The standard InChI is InChI=1S/C28H40ClN3O4S/c1-9-24(26(34)30-28(5,6)7)31(18-20-10-14-22(29)15-11-20)25(33)19-32(37(8,35)36)23-16-12-21(13-17-23)27(2,3)4/h10-17,24H,9,18-19H2,1-8H3,(H,30,34)/t24-/m0/s1. The summed E-state index contributed by atoms with van der Waals surface area (Å²) in [5.74, 6) is -0.770. The van der Waals surface area contributed by atoms with Crippen LogP contribution in [0.15, 0.2) is 48.5 Å². The Kier molecular flexibility index (Phi) is 9.82. The predicted molar refractivity (Wildman–Crippen MR) is 151 cm³/mol. The summed E-state index contributed by atoms with van der Waals surface area (Å²) in [7, 11) is -3.79. The fraction of sp³-hybridized carbons (Fsp3) is 0.500. The summed E-state index contributed by atoms with van der Waals surface area (Å²) in [5.41, 5.74) is 1.62. The van der Waals surface area contributed by atoms with Gasteiger partial charge in [-0.3, -0.25) is 13.9 Å². The normalized spacial score (nSPS) is 13.1. The van der Waals surface area contributed by atoms with Gasteiger partial charge in [0.05, 0.1) is 11.9 Å². The lowest BCUT2D eigenvalue weighted by Gasteiger charge is -2.34. The highest BCUT2D eigenvalue weighted by atomic mass is 35.5. The van der Waals surface area contributed by atoms with E-state index in [1.54, 1.807) is 36.4 Å². The lowest BCUT2D eigenvalue weighted by Crippen LogP contribution is -2.55. The zero-order chi connectivity index (χ0) is 28.2. The molecule has 0 spiro atoms. The number of amides is 2. The van der Waals surface area contributed by atoms with Crippen molar-refractivity contribution >= 4 is 39.1 Å². The van der Waals surface area contributed by atoms with E-state index in [-0.39, 0.29) is 17.9 Å². The van der Waals surface area contributed by atoms with Gasteiger partial charge in [-0.1, -0.05) is 63.6 Å². The predicted octanol–water partition coefficient (Wildman–Crippen LogP) is 5.13. The maximum atomic E-state index is 13.8. The molecule has 0 fully saturated rings. The number of hydrogen-bond donors (Lipinski definition) is 1. The van der Waals surface area contributed by atoms with Crippen molar-refractivity contribution in [1.82, 2.24) is 10.2 Å². The van der Waals surface area contributed by atoms with Gasteiger partial charge in [-0.25, -0.2) is 8.42 Å². The van der Waals surface area contributed by atoms with E-state index in [0.717, 1.165) is 21.7 Å². The number of nitrogens with one attached hydrogen (secondary N) is 1. The fourth-order valence-electron chi connectivity index (χ4n) is 3.90. The van der Waals surface area contributed by atoms with Gasteiger partial charge in [-0.2, -0.15) is 0 Å². The molecule has 2 aromatic carbocycles. The molecule has 0 aliphatic carbocycles. The van der Waals surface area contributed by atoms with Gasteiger partial charge in [0.1, 0.15) is 12.6 Å². The number of carbonyl (C=O) groups excluding carboxylic acids is 2. The van der Waals surface area contributed by atoms with Crippen LogP contribution in [-0.4, -0.2) is 49.5 Å². The second-order valence-corrected chi connectivity index (χ2v) is 13.7. The first kappa shape index (κ1) is 30.6. The van der Waals surface area contributed by atoms with E-state index in [1.165, 1.54) is 4.90 Å². The molecule has 0 aliphatic rings. The molecule has 0 aliphatic heterocycles. The Labute approximate surface area is 227 Å². The Morgan fingerprint density at radius 2 is 1.49 bits per heavy atom. The van der Waals surface area contributed by atoms with Crippen molar-refractivity contribution in [1.29, 1.82) is 0 Å². The van der Waals surface area contributed by atoms with Gasteiger partial charge in [0.2, 0.25) is 21.8 Å². The van der Waals surface area contributed by atoms with Crippen LogP contribution in [-0.2, 0) is 31.6 Å². The molecule has 2 aromatic rings. The Hall–Kier alpha value is -2.58. The Morgan fingerprint density at radius 1 is 0.946 bits per heavy atom. The SMILES string of the molecule is CC[C@@H](C(=O)NC(C)(C)C)N(Cc1ccc(Cl)cc1)C(=O)CN(c1ccc(C(C)(C)C)cc1)S(C)(=O)=O. The average molecular weight is 550 g/mol. The molecule has 7 nitrogen and oxygen atoms in total. The van der Waals surface area contributed by atoms with Crippen LogP contribution in [0.1, 0.15) is 66.0 Å². The van der Waals surface area contributed by atoms with Gasteiger partial charge < -0.3 is 10.2 Å². The summed E-state index contributed by atoms with van der Waals surface area (Å²) in [6.45, 7) is 13.4. The van der Waals surface area contributed by atoms with Crippen LogP contribution < -0.4 is 9.62 Å². The Balaban J connectivity index is 2.46. The molecule has 0 aromatic heterocycles. The molecule has 1 N–H and O–H groups in total. The van der Waals surface area contributed by atoms with Crippen LogP contribution in [0.5, 0.6) is 0 Å². The van der Waals surface area contributed by atoms with E-state index < -0.39 is 34.1 Å². The van der Waals surface area contributed by atoms with Crippen molar-refractivity contribution in [3.63, 3.8) is 0 Å². The van der Waals surface area contributed by atoms with Gasteiger partial charge in [0, 0.05) is 17.1 Å². The summed E-state index contributed by atoms with van der Waals surface area (Å²) in [6, 6.07) is 13.4. The minimum absolute atomic E-state index is 0.103. The number of nitrogens with zero attached hydrogens (tertiary/aromatic N) is 2. The maximum absolute atomic E-state index is 13.8. The van der Waals surface area contributed by atoms with E-state index in [0.29, 0.717) is 17.1 Å². The first-order chi connectivity index (χ1) is 16.9. The van der Waals surface area contributed by atoms with Crippen molar-refractivity contribution in [2.45, 2.75) is 78.4 Å². The molecule has 2 amide bonds. The Morgan fingerprint density at radius 3 is 1.92 bits per heavy atom. The molecule has 9 heteroatoms. The highest BCUT2D eigenvalue weighted by Gasteiger charge is 2.33. The molecule has 37 heavy (non-hydrogen) atoms. The number of halogens is 1. The first-order valence-electron chi connectivity index (χ1n) is 12.4. The average Bonchev–Trinajstić information content (AvgIpc) is 2.76. The number of sulfonamides is 1. The smallest absolute Gasteiger partial charge is 0.244 e. The van der Waals surface area contributed by atoms with Crippen LogP contribution in [0.4, 0.5) is 5.69 Å². The van der Waals surface area contributed by atoms with Gasteiger partial charge in [0.15, 0.2) is 0 Å². The van der Waals surface area contributed by atoms with Gasteiger partial charge in [-0.15, -0.1) is 0 Å². The number of rotatable bonds is 9. The summed E-state index contributed by atoms with van der Waals surface area (Å²) >= 11 is 6.03. The van der Waals surface area contributed by atoms with Gasteiger partial charge >= 0.3 is 0 Å². The monoisotopic (exact) mass is 549 g/mol. The number of hydrogen-bond acceptors (Lipinski definition) is 4. The van der Waals surface area contributed by atoms with E-state index in [2.05, 4.69) is 26.1 Å². The zero-order valence-corrected chi connectivity index (χ0v) is 24.7. The van der Waals surface area contributed by atoms with Crippen molar-refractivity contribution in [3.8, 4) is 0 Å². The van der Waals surface area contributed by atoms with E-state index >= 15 is 0 Å². The van der Waals surface area contributed by atoms with E-state index in [1.807, 2.05) is 39.8 Å². The minimum Gasteiger partial charge on any atom is -0.350 e. The largest absolute Gasteiger partial charge is 0.350 e. The van der Waals surface area contributed by atoms with Crippen LogP contribution in [0.3, 0.4) is 0 Å². The zero-order valence-electron chi connectivity index (χ0n) is 23.1. The van der Waals surface area contributed by atoms with Crippen LogP contribution in [0.2, 0.25) is 5.02 Å². The third-order valence-electron chi connectivity index (χ3n) is 5.85. The van der Waals surface area contributed by atoms with Crippen LogP contribution in [0, 0.1) is 0 Å². The van der Waals surface area contributed by atoms with Crippen LogP contribution >= 0.6 is 11.6 Å². The molecule has 1 atom stereocenters. The highest BCUT2D eigenvalue weighted by Crippen LogP contribution is 2.26. The van der Waals surface area contributed by atoms with Crippen molar-refractivity contribution in [3.05, 3.63) is 64.7 Å². The number of anilines is 1. The molecular formula is C28H40ClN3O4S. The molecule has 0 unspecified atom stereocenters. The van der Waals surface area contributed by atoms with Crippen molar-refractivity contribution < 1.29 is 18.0 Å². The summed E-state index contributed by atoms with van der Waals surface area (Å²) < 4.78 is 26.7. The molecular weight excluding hydrogens is 510 g/mol. The number of carbonyl (C=O) groups is 2. The van der Waals surface area contributed by atoms with Crippen molar-refractivity contribution in [2.24, 2.45) is 0 Å². The molecule has 0 saturated carbocycles. The van der Waals surface area contributed by atoms with E-state index in [4.69, 9.17) is 11.6 Å². The lowest BCUT2D eigenvalue weighted by molar-refractivity contribution is -0.141. The molecule has 0 heterocycles. The minimum atomic E-state index is -3.79. The van der Waals surface area contributed by atoms with Gasteiger partial charge in [-0.05, 0) is 68.0 Å². The maximum Gasteiger partial charge on any atom is 0.244 e. The topological polar surface area (TPSA) is 86.8 Å². The first-order valence-corrected chi connectivity index (χ1v) is 14.6. The fourth-order valence-corrected chi connectivity index (χ4v) is 4.88. The molecule has 0 saturated heterocycles. The molecule has 0 radical (unpaired) electrons. The summed E-state index contributed by atoms with van der Waals surface area (Å²) in [4.78, 5) is 28.4. The van der Waals surface area contributed by atoms with E-state index in [9.17, 15) is 18.0 Å². The second kappa shape index (κ2) is 11.9. The quantitative estimate of drug-likeness (QED) is 0.470. The molecule has 2 rings (SSSR count). The summed E-state index contributed by atoms with van der Waals surface area (Å²) in [6.07, 6.45) is 1.44. The summed E-state index contributed by atoms with van der Waals surface area (Å²) in [5, 5.41) is 3.51. The third-order valence-corrected chi connectivity index (χ3v) is 7.24. The van der Waals surface area contributed by atoms with Crippen molar-refractivity contribution in [2.75, 3.05) is 17.1 Å². The van der Waals surface area contributed by atoms with Crippen LogP contribution in [0.25, 0.3) is 0 Å². The lowest BCUT2D eigenvalue weighted by atomic mass is 9.87. The third kappa shape index (κ3) is 9.04. The molecule has 204 valence electrons. The molecule has 0 bridgehead atoms. The highest BCUT2D eigenvalue weighted by molar-refractivity contribution is 7.92.